The van der Waals surface area contributed by atoms with Crippen LogP contribution in [0.25, 0.3) is 0 Å². The highest BCUT2D eigenvalue weighted by molar-refractivity contribution is 7.07. The van der Waals surface area contributed by atoms with Crippen molar-refractivity contribution >= 4 is 23.3 Å². The fraction of sp³-hybridized carbons (Fsp3) is 0.455. The first kappa shape index (κ1) is 16.4. The Kier molecular flexibility index (Phi) is 5.96. The molecule has 2 N–H and O–H groups in total. The van der Waals surface area contributed by atoms with Crippen molar-refractivity contribution in [2.45, 2.75) is 12.7 Å². The smallest absolute Gasteiger partial charge is 0.329 e. The molecular formula is C11H14F3N3O2S. The highest BCUT2D eigenvalue weighted by atomic mass is 32.1. The maximum atomic E-state index is 11.8. The van der Waals surface area contributed by atoms with E-state index in [2.05, 4.69) is 0 Å². The van der Waals surface area contributed by atoms with Gasteiger partial charge in [0.15, 0.2) is 0 Å². The quantitative estimate of drug-likeness (QED) is 0.868. The van der Waals surface area contributed by atoms with Gasteiger partial charge in [0, 0.05) is 6.54 Å². The summed E-state index contributed by atoms with van der Waals surface area (Å²) in [6.45, 7) is -1.05. The summed E-state index contributed by atoms with van der Waals surface area (Å²) in [5, 5.41) is 7.21. The molecule has 0 fully saturated rings. The Labute approximate surface area is 117 Å². The third kappa shape index (κ3) is 7.10. The Morgan fingerprint density at radius 1 is 1.40 bits per heavy atom. The Bertz CT molecular complexity index is 448. The monoisotopic (exact) mass is 309 g/mol. The summed E-state index contributed by atoms with van der Waals surface area (Å²) in [5.41, 5.74) is 1.02. The van der Waals surface area contributed by atoms with Gasteiger partial charge in [-0.15, -0.1) is 0 Å². The molecule has 1 aromatic heterocycles. The van der Waals surface area contributed by atoms with Crippen LogP contribution < -0.4 is 10.6 Å². The molecule has 0 aliphatic rings. The minimum absolute atomic E-state index is 0.0880. The van der Waals surface area contributed by atoms with Crippen molar-refractivity contribution in [2.24, 2.45) is 0 Å². The molecule has 5 nitrogen and oxygen atoms in total. The molecule has 0 saturated heterocycles. The Morgan fingerprint density at radius 2 is 2.10 bits per heavy atom. The van der Waals surface area contributed by atoms with Crippen LogP contribution in [0.4, 0.5) is 18.0 Å². The zero-order chi connectivity index (χ0) is 15.2. The van der Waals surface area contributed by atoms with Gasteiger partial charge < -0.3 is 5.32 Å². The molecule has 0 aliphatic carbocycles. The van der Waals surface area contributed by atoms with Crippen molar-refractivity contribution < 1.29 is 22.8 Å². The molecular weight excluding hydrogens is 295 g/mol. The van der Waals surface area contributed by atoms with Crippen molar-refractivity contribution in [3.63, 3.8) is 0 Å². The van der Waals surface area contributed by atoms with E-state index in [-0.39, 0.29) is 6.54 Å². The van der Waals surface area contributed by atoms with Crippen LogP contribution in [0.3, 0.4) is 0 Å². The highest BCUT2D eigenvalue weighted by Gasteiger charge is 2.27. The minimum Gasteiger partial charge on any atom is -0.329 e. The van der Waals surface area contributed by atoms with E-state index in [4.69, 9.17) is 0 Å². The summed E-state index contributed by atoms with van der Waals surface area (Å²) in [6.07, 6.45) is -4.50. The number of nitrogens with one attached hydrogen (secondary N) is 2. The summed E-state index contributed by atoms with van der Waals surface area (Å²) in [6, 6.07) is 0.742. The largest absolute Gasteiger partial charge is 0.405 e. The fourth-order valence-electron chi connectivity index (χ4n) is 1.39. The molecule has 0 aromatic carbocycles. The summed E-state index contributed by atoms with van der Waals surface area (Å²) < 4.78 is 35.5. The van der Waals surface area contributed by atoms with Gasteiger partial charge in [-0.05, 0) is 29.4 Å². The first-order chi connectivity index (χ1) is 9.26. The van der Waals surface area contributed by atoms with Crippen LogP contribution in [-0.2, 0) is 11.3 Å². The Morgan fingerprint density at radius 3 is 2.65 bits per heavy atom. The molecule has 0 atom stereocenters. The molecule has 1 rings (SSSR count). The molecule has 0 radical (unpaired) electrons. The zero-order valence-corrected chi connectivity index (χ0v) is 11.5. The lowest BCUT2D eigenvalue weighted by Crippen LogP contribution is -2.46. The number of amides is 3. The number of carbonyl (C=O) groups excluding carboxylic acids is 2. The number of hydrogen-bond acceptors (Lipinski definition) is 4. The molecule has 112 valence electrons. The molecule has 3 amide bonds. The predicted octanol–water partition coefficient (Wildman–Crippen LogP) is 1.57. The lowest BCUT2D eigenvalue weighted by molar-refractivity contribution is -0.125. The van der Waals surface area contributed by atoms with E-state index in [1.165, 1.54) is 11.3 Å². The summed E-state index contributed by atoms with van der Waals surface area (Å²) >= 11 is 1.52. The average molecular weight is 309 g/mol. The summed E-state index contributed by atoms with van der Waals surface area (Å²) in [5.74, 6) is -0.664. The Hall–Kier alpha value is -1.61. The first-order valence-corrected chi connectivity index (χ1v) is 6.54. The number of thiophene rings is 1. The zero-order valence-electron chi connectivity index (χ0n) is 10.7. The molecule has 0 unspecified atom stereocenters. The van der Waals surface area contributed by atoms with Gasteiger partial charge in [-0.25, -0.2) is 4.79 Å². The van der Waals surface area contributed by atoms with Gasteiger partial charge >= 0.3 is 12.2 Å². The van der Waals surface area contributed by atoms with E-state index >= 15 is 0 Å². The van der Waals surface area contributed by atoms with Crippen LogP contribution >= 0.6 is 11.3 Å². The van der Waals surface area contributed by atoms with Gasteiger partial charge in [-0.3, -0.25) is 15.0 Å². The van der Waals surface area contributed by atoms with E-state index < -0.39 is 24.7 Å². The van der Waals surface area contributed by atoms with E-state index in [0.717, 1.165) is 5.56 Å². The highest BCUT2D eigenvalue weighted by Crippen LogP contribution is 2.12. The topological polar surface area (TPSA) is 61.4 Å². The van der Waals surface area contributed by atoms with Crippen LogP contribution in [0.2, 0.25) is 0 Å². The third-order valence-electron chi connectivity index (χ3n) is 2.15. The molecule has 1 aromatic rings. The van der Waals surface area contributed by atoms with Crippen LogP contribution in [0, 0.1) is 0 Å². The van der Waals surface area contributed by atoms with Crippen LogP contribution in [0.5, 0.6) is 0 Å². The van der Waals surface area contributed by atoms with Crippen molar-refractivity contribution in [1.29, 1.82) is 0 Å². The summed E-state index contributed by atoms with van der Waals surface area (Å²) in [7, 11) is 1.67. The minimum atomic E-state index is -4.50. The second kappa shape index (κ2) is 7.25. The number of hydrogen-bond donors (Lipinski definition) is 2. The van der Waals surface area contributed by atoms with Crippen LogP contribution in [0.1, 0.15) is 5.56 Å². The number of nitrogens with zero attached hydrogens (tertiary/aromatic N) is 1. The second-order valence-corrected chi connectivity index (χ2v) is 4.93. The number of likely N-dealkylation sites (N-methyl/N-ethyl adjacent to an activating group) is 1. The van der Waals surface area contributed by atoms with Crippen LogP contribution in [0.15, 0.2) is 16.8 Å². The lowest BCUT2D eigenvalue weighted by atomic mass is 10.3. The maximum absolute atomic E-state index is 11.8. The van der Waals surface area contributed by atoms with Gasteiger partial charge in [0.1, 0.15) is 6.54 Å². The van der Waals surface area contributed by atoms with E-state index in [1.807, 2.05) is 22.1 Å². The van der Waals surface area contributed by atoms with Gasteiger partial charge in [-0.1, -0.05) is 0 Å². The number of urea groups is 1. The molecule has 0 spiro atoms. The molecule has 0 saturated carbocycles. The molecule has 1 heterocycles. The van der Waals surface area contributed by atoms with E-state index in [1.54, 1.807) is 17.3 Å². The second-order valence-electron chi connectivity index (χ2n) is 4.15. The molecule has 0 bridgehead atoms. The maximum Gasteiger partial charge on any atom is 0.405 e. The number of halogens is 3. The standard InChI is InChI=1S/C11H14F3N3O2S/c1-17(4-8-2-3-20-6-8)5-9(18)16-10(19)15-7-11(12,13)14/h2-3,6H,4-5,7H2,1H3,(H2,15,16,18,19). The van der Waals surface area contributed by atoms with E-state index in [9.17, 15) is 22.8 Å². The predicted molar refractivity (Wildman–Crippen MR) is 68.2 cm³/mol. The van der Waals surface area contributed by atoms with Crippen molar-refractivity contribution in [3.05, 3.63) is 22.4 Å². The average Bonchev–Trinajstić information content (AvgIpc) is 2.77. The SMILES string of the molecule is CN(CC(=O)NC(=O)NCC(F)(F)F)Cc1ccsc1. The van der Waals surface area contributed by atoms with Gasteiger partial charge in [-0.2, -0.15) is 24.5 Å². The van der Waals surface area contributed by atoms with Crippen molar-refractivity contribution in [3.8, 4) is 0 Å². The van der Waals surface area contributed by atoms with Crippen LogP contribution in [-0.4, -0.2) is 43.2 Å². The third-order valence-corrected chi connectivity index (χ3v) is 2.88. The molecule has 20 heavy (non-hydrogen) atoms. The van der Waals surface area contributed by atoms with Crippen molar-refractivity contribution in [2.75, 3.05) is 20.1 Å². The normalized spacial score (nSPS) is 11.4. The molecule has 0 aliphatic heterocycles. The van der Waals surface area contributed by atoms with Crippen molar-refractivity contribution in [1.82, 2.24) is 15.5 Å². The fourth-order valence-corrected chi connectivity index (χ4v) is 2.05. The number of carbonyl (C=O) groups is 2. The Balaban J connectivity index is 2.27. The first-order valence-electron chi connectivity index (χ1n) is 5.60. The number of imide groups is 1. The van der Waals surface area contributed by atoms with Gasteiger partial charge in [0.25, 0.3) is 0 Å². The lowest BCUT2D eigenvalue weighted by Gasteiger charge is -2.15. The van der Waals surface area contributed by atoms with Gasteiger partial charge in [0.05, 0.1) is 6.54 Å². The van der Waals surface area contributed by atoms with Gasteiger partial charge in [0.2, 0.25) is 5.91 Å². The summed E-state index contributed by atoms with van der Waals surface area (Å²) in [4.78, 5) is 24.1. The number of alkyl halides is 3. The number of rotatable bonds is 5. The molecule has 9 heteroatoms. The van der Waals surface area contributed by atoms with E-state index in [0.29, 0.717) is 6.54 Å².